The van der Waals surface area contributed by atoms with Crippen LogP contribution >= 0.6 is 11.3 Å². The number of sulfonamides is 1. The Balaban J connectivity index is 1.63. The standard InChI is InChI=1S/C16H24N2O3S2/c1-23(20,21)17-10-12-5-4-8-18(11-12)16(19)15-9-13-6-2-3-7-14(13)22-15/h9,12,17H,2-8,10-11H2,1H3. The van der Waals surface area contributed by atoms with Gasteiger partial charge in [-0.05, 0) is 56.1 Å². The smallest absolute Gasteiger partial charge is 0.263 e. The van der Waals surface area contributed by atoms with Crippen LogP contribution in [0.5, 0.6) is 0 Å². The van der Waals surface area contributed by atoms with Gasteiger partial charge in [-0.15, -0.1) is 11.3 Å². The minimum Gasteiger partial charge on any atom is -0.338 e. The first-order valence-corrected chi connectivity index (χ1v) is 11.0. The van der Waals surface area contributed by atoms with Gasteiger partial charge in [0.1, 0.15) is 0 Å². The van der Waals surface area contributed by atoms with Gasteiger partial charge in [0.05, 0.1) is 11.1 Å². The molecule has 1 aromatic heterocycles. The second kappa shape index (κ2) is 6.91. The first-order valence-electron chi connectivity index (χ1n) is 8.28. The maximum Gasteiger partial charge on any atom is 0.263 e. The molecule has 1 fully saturated rings. The maximum atomic E-state index is 12.8. The number of nitrogens with zero attached hydrogens (tertiary/aromatic N) is 1. The van der Waals surface area contributed by atoms with Crippen LogP contribution in [-0.4, -0.2) is 45.1 Å². The first-order chi connectivity index (χ1) is 10.9. The van der Waals surface area contributed by atoms with E-state index in [9.17, 15) is 13.2 Å². The number of amides is 1. The lowest BCUT2D eigenvalue weighted by Crippen LogP contribution is -2.43. The number of thiophene rings is 1. The van der Waals surface area contributed by atoms with E-state index in [1.807, 2.05) is 4.90 Å². The Labute approximate surface area is 142 Å². The summed E-state index contributed by atoms with van der Waals surface area (Å²) in [7, 11) is -3.17. The molecule has 1 aliphatic carbocycles. The van der Waals surface area contributed by atoms with Gasteiger partial charge in [-0.3, -0.25) is 4.79 Å². The summed E-state index contributed by atoms with van der Waals surface area (Å²) in [6.45, 7) is 1.84. The molecule has 1 atom stereocenters. The zero-order valence-electron chi connectivity index (χ0n) is 13.5. The molecule has 1 aromatic rings. The topological polar surface area (TPSA) is 66.5 Å². The van der Waals surface area contributed by atoms with Crippen molar-refractivity contribution in [2.24, 2.45) is 5.92 Å². The van der Waals surface area contributed by atoms with E-state index < -0.39 is 10.0 Å². The van der Waals surface area contributed by atoms with Crippen molar-refractivity contribution >= 4 is 27.3 Å². The van der Waals surface area contributed by atoms with Gasteiger partial charge in [0.2, 0.25) is 10.0 Å². The molecule has 1 N–H and O–H groups in total. The number of hydrogen-bond donors (Lipinski definition) is 1. The first kappa shape index (κ1) is 16.9. The van der Waals surface area contributed by atoms with Crippen molar-refractivity contribution in [1.29, 1.82) is 0 Å². The Kier molecular flexibility index (Phi) is 5.08. The minimum absolute atomic E-state index is 0.119. The summed E-state index contributed by atoms with van der Waals surface area (Å²) in [5, 5.41) is 0. The number of piperidine rings is 1. The van der Waals surface area contributed by atoms with E-state index in [4.69, 9.17) is 0 Å². The lowest BCUT2D eigenvalue weighted by Gasteiger charge is -2.32. The number of likely N-dealkylation sites (tertiary alicyclic amines) is 1. The monoisotopic (exact) mass is 356 g/mol. The number of rotatable bonds is 4. The van der Waals surface area contributed by atoms with Crippen LogP contribution in [0.4, 0.5) is 0 Å². The van der Waals surface area contributed by atoms with Crippen molar-refractivity contribution in [2.45, 2.75) is 38.5 Å². The summed E-state index contributed by atoms with van der Waals surface area (Å²) >= 11 is 1.65. The molecular formula is C16H24N2O3S2. The fraction of sp³-hybridized carbons (Fsp3) is 0.688. The molecule has 23 heavy (non-hydrogen) atoms. The molecule has 2 aliphatic rings. The van der Waals surface area contributed by atoms with Gasteiger partial charge in [0.25, 0.3) is 5.91 Å². The predicted molar refractivity (Wildman–Crippen MR) is 92.4 cm³/mol. The number of carbonyl (C=O) groups is 1. The normalized spacial score (nSPS) is 22.0. The van der Waals surface area contributed by atoms with E-state index >= 15 is 0 Å². The molecule has 5 nitrogen and oxygen atoms in total. The summed E-state index contributed by atoms with van der Waals surface area (Å²) in [6.07, 6.45) is 7.73. The summed E-state index contributed by atoms with van der Waals surface area (Å²) in [5.74, 6) is 0.325. The van der Waals surface area contributed by atoms with E-state index in [1.165, 1.54) is 29.5 Å². The fourth-order valence-corrected chi connectivity index (χ4v) is 5.20. The van der Waals surface area contributed by atoms with Crippen molar-refractivity contribution in [2.75, 3.05) is 25.9 Å². The lowest BCUT2D eigenvalue weighted by molar-refractivity contribution is 0.0681. The molecule has 0 spiro atoms. The molecule has 0 bridgehead atoms. The van der Waals surface area contributed by atoms with Gasteiger partial charge >= 0.3 is 0 Å². The third kappa shape index (κ3) is 4.33. The van der Waals surface area contributed by atoms with Crippen LogP contribution in [0.15, 0.2) is 6.07 Å². The lowest BCUT2D eigenvalue weighted by atomic mass is 9.97. The predicted octanol–water partition coefficient (Wildman–Crippen LogP) is 2.03. The Bertz CT molecular complexity index is 658. The van der Waals surface area contributed by atoms with Gasteiger partial charge < -0.3 is 4.90 Å². The van der Waals surface area contributed by atoms with Gasteiger partial charge in [0.15, 0.2) is 0 Å². The van der Waals surface area contributed by atoms with E-state index in [0.29, 0.717) is 13.1 Å². The molecule has 128 valence electrons. The highest BCUT2D eigenvalue weighted by molar-refractivity contribution is 7.88. The largest absolute Gasteiger partial charge is 0.338 e. The second-order valence-electron chi connectivity index (χ2n) is 6.65. The summed E-state index contributed by atoms with van der Waals surface area (Å²) in [5.41, 5.74) is 1.36. The van der Waals surface area contributed by atoms with Crippen LogP contribution in [-0.2, 0) is 22.9 Å². The van der Waals surface area contributed by atoms with Crippen molar-refractivity contribution in [3.05, 3.63) is 21.4 Å². The number of fused-ring (bicyclic) bond motifs is 1. The third-order valence-corrected chi connectivity index (χ3v) is 6.56. The number of nitrogens with one attached hydrogen (secondary N) is 1. The zero-order valence-corrected chi connectivity index (χ0v) is 15.1. The highest BCUT2D eigenvalue weighted by atomic mass is 32.2. The van der Waals surface area contributed by atoms with Gasteiger partial charge in [0, 0.05) is 24.5 Å². The Morgan fingerprint density at radius 1 is 1.35 bits per heavy atom. The molecule has 1 aliphatic heterocycles. The van der Waals surface area contributed by atoms with Gasteiger partial charge in [-0.2, -0.15) is 0 Å². The SMILES string of the molecule is CS(=O)(=O)NCC1CCCN(C(=O)c2cc3c(s2)CCCC3)C1. The summed E-state index contributed by atoms with van der Waals surface area (Å²) < 4.78 is 25.0. The Morgan fingerprint density at radius 2 is 2.13 bits per heavy atom. The minimum atomic E-state index is -3.17. The number of hydrogen-bond acceptors (Lipinski definition) is 4. The molecule has 1 unspecified atom stereocenters. The summed E-state index contributed by atoms with van der Waals surface area (Å²) in [4.78, 5) is 16.9. The Morgan fingerprint density at radius 3 is 2.87 bits per heavy atom. The van der Waals surface area contributed by atoms with E-state index in [2.05, 4.69) is 10.8 Å². The van der Waals surface area contributed by atoms with Gasteiger partial charge in [-0.25, -0.2) is 13.1 Å². The van der Waals surface area contributed by atoms with Crippen LogP contribution in [0.3, 0.4) is 0 Å². The third-order valence-electron chi connectivity index (χ3n) is 4.65. The van der Waals surface area contributed by atoms with E-state index in [1.54, 1.807) is 11.3 Å². The van der Waals surface area contributed by atoms with Crippen molar-refractivity contribution in [3.63, 3.8) is 0 Å². The maximum absolute atomic E-state index is 12.8. The molecule has 0 aromatic carbocycles. The highest BCUT2D eigenvalue weighted by Crippen LogP contribution is 2.31. The molecule has 2 heterocycles. The van der Waals surface area contributed by atoms with Crippen LogP contribution in [0.25, 0.3) is 0 Å². The van der Waals surface area contributed by atoms with Gasteiger partial charge in [-0.1, -0.05) is 0 Å². The van der Waals surface area contributed by atoms with Crippen LogP contribution in [0, 0.1) is 5.92 Å². The molecule has 1 amide bonds. The van der Waals surface area contributed by atoms with Crippen LogP contribution in [0.2, 0.25) is 0 Å². The quantitative estimate of drug-likeness (QED) is 0.898. The van der Waals surface area contributed by atoms with E-state index in [-0.39, 0.29) is 11.8 Å². The van der Waals surface area contributed by atoms with Crippen LogP contribution in [0.1, 0.15) is 45.8 Å². The molecule has 1 saturated heterocycles. The van der Waals surface area contributed by atoms with E-state index in [0.717, 1.165) is 37.1 Å². The second-order valence-corrected chi connectivity index (χ2v) is 9.62. The van der Waals surface area contributed by atoms with Crippen molar-refractivity contribution in [3.8, 4) is 0 Å². The zero-order chi connectivity index (χ0) is 16.4. The Hall–Kier alpha value is -0.920. The molecular weight excluding hydrogens is 332 g/mol. The molecule has 3 rings (SSSR count). The van der Waals surface area contributed by atoms with Crippen molar-refractivity contribution < 1.29 is 13.2 Å². The molecule has 7 heteroatoms. The highest BCUT2D eigenvalue weighted by Gasteiger charge is 2.27. The summed E-state index contributed by atoms with van der Waals surface area (Å²) in [6, 6.07) is 2.08. The average Bonchev–Trinajstić information content (AvgIpc) is 2.96. The molecule has 0 radical (unpaired) electrons. The van der Waals surface area contributed by atoms with Crippen LogP contribution < -0.4 is 4.72 Å². The molecule has 0 saturated carbocycles. The average molecular weight is 357 g/mol. The number of carbonyl (C=O) groups excluding carboxylic acids is 1. The number of aryl methyl sites for hydroxylation is 2. The van der Waals surface area contributed by atoms with Crippen molar-refractivity contribution in [1.82, 2.24) is 9.62 Å². The fourth-order valence-electron chi connectivity index (χ4n) is 3.44.